The van der Waals surface area contributed by atoms with Crippen LogP contribution in [0.15, 0.2) is 24.3 Å². The van der Waals surface area contributed by atoms with E-state index in [9.17, 15) is 12.8 Å². The molecule has 0 spiro atoms. The molecule has 0 aromatic heterocycles. The molecule has 0 heterocycles. The van der Waals surface area contributed by atoms with E-state index in [0.29, 0.717) is 5.56 Å². The molecule has 6 heteroatoms. The van der Waals surface area contributed by atoms with Crippen LogP contribution in [0.3, 0.4) is 0 Å². The minimum Gasteiger partial charge on any atom is -0.326 e. The highest BCUT2D eigenvalue weighted by atomic mass is 32.2. The fourth-order valence-electron chi connectivity index (χ4n) is 2.38. The molecule has 1 aliphatic rings. The van der Waals surface area contributed by atoms with E-state index in [4.69, 9.17) is 5.73 Å². The van der Waals surface area contributed by atoms with Crippen molar-refractivity contribution in [1.29, 1.82) is 0 Å². The van der Waals surface area contributed by atoms with E-state index in [1.54, 1.807) is 0 Å². The summed E-state index contributed by atoms with van der Waals surface area (Å²) in [6, 6.07) is 5.19. The van der Waals surface area contributed by atoms with Crippen LogP contribution in [0.2, 0.25) is 0 Å². The molecule has 1 aromatic carbocycles. The summed E-state index contributed by atoms with van der Waals surface area (Å²) in [5, 5.41) is 0. The zero-order valence-electron chi connectivity index (χ0n) is 10.7. The van der Waals surface area contributed by atoms with E-state index >= 15 is 0 Å². The molecule has 3 N–H and O–H groups in total. The summed E-state index contributed by atoms with van der Waals surface area (Å²) < 4.78 is 39.5. The van der Waals surface area contributed by atoms with Crippen molar-refractivity contribution in [2.24, 2.45) is 5.73 Å². The monoisotopic (exact) mass is 286 g/mol. The van der Waals surface area contributed by atoms with E-state index in [2.05, 4.69) is 4.72 Å². The van der Waals surface area contributed by atoms with Gasteiger partial charge in [0.1, 0.15) is 5.82 Å². The van der Waals surface area contributed by atoms with Crippen LogP contribution >= 0.6 is 0 Å². The predicted octanol–water partition coefficient (Wildman–Crippen LogP) is 1.51. The molecule has 1 aromatic rings. The molecule has 0 saturated heterocycles. The van der Waals surface area contributed by atoms with Gasteiger partial charge in [0.2, 0.25) is 10.0 Å². The first-order valence-corrected chi connectivity index (χ1v) is 8.11. The van der Waals surface area contributed by atoms with E-state index in [1.165, 1.54) is 24.3 Å². The molecule has 0 aliphatic heterocycles. The first-order valence-electron chi connectivity index (χ1n) is 6.46. The average molecular weight is 286 g/mol. The number of sulfonamides is 1. The summed E-state index contributed by atoms with van der Waals surface area (Å²) in [6.45, 7) is 0. The number of benzene rings is 1. The molecule has 1 saturated carbocycles. The van der Waals surface area contributed by atoms with Gasteiger partial charge < -0.3 is 5.73 Å². The topological polar surface area (TPSA) is 72.2 Å². The fraction of sp³-hybridized carbons (Fsp3) is 0.538. The summed E-state index contributed by atoms with van der Waals surface area (Å²) in [4.78, 5) is 0. The number of hydrogen-bond donors (Lipinski definition) is 2. The van der Waals surface area contributed by atoms with Crippen molar-refractivity contribution in [2.75, 3.05) is 0 Å². The lowest BCUT2D eigenvalue weighted by molar-refractivity contribution is 0.361. The summed E-state index contributed by atoms with van der Waals surface area (Å²) >= 11 is 0. The lowest BCUT2D eigenvalue weighted by atomic mass is 9.92. The highest BCUT2D eigenvalue weighted by molar-refractivity contribution is 7.88. The summed E-state index contributed by atoms with van der Waals surface area (Å²) in [7, 11) is -3.43. The number of hydrogen-bond acceptors (Lipinski definition) is 3. The Labute approximate surface area is 113 Å². The van der Waals surface area contributed by atoms with Crippen molar-refractivity contribution in [3.63, 3.8) is 0 Å². The third-order valence-corrected chi connectivity index (χ3v) is 4.80. The molecule has 1 aliphatic carbocycles. The molecular formula is C13H19FN2O2S. The van der Waals surface area contributed by atoms with Gasteiger partial charge in [-0.15, -0.1) is 0 Å². The molecule has 2 atom stereocenters. The molecule has 1 fully saturated rings. The van der Waals surface area contributed by atoms with Crippen molar-refractivity contribution in [2.45, 2.75) is 43.5 Å². The Bertz CT molecular complexity index is 516. The van der Waals surface area contributed by atoms with Crippen molar-refractivity contribution < 1.29 is 12.8 Å². The Balaban J connectivity index is 2.00. The Hall–Kier alpha value is -0.980. The Morgan fingerprint density at radius 2 is 1.84 bits per heavy atom. The maximum absolute atomic E-state index is 12.8. The van der Waals surface area contributed by atoms with Gasteiger partial charge >= 0.3 is 0 Å². The van der Waals surface area contributed by atoms with Crippen molar-refractivity contribution in [3.05, 3.63) is 35.6 Å². The molecule has 0 radical (unpaired) electrons. The lowest BCUT2D eigenvalue weighted by Crippen LogP contribution is -2.49. The van der Waals surface area contributed by atoms with Crippen LogP contribution in [0.1, 0.15) is 31.2 Å². The van der Waals surface area contributed by atoms with Gasteiger partial charge in [0, 0.05) is 12.1 Å². The van der Waals surface area contributed by atoms with Crippen molar-refractivity contribution in [3.8, 4) is 0 Å². The summed E-state index contributed by atoms with van der Waals surface area (Å²) in [5.74, 6) is -0.514. The van der Waals surface area contributed by atoms with Crippen LogP contribution in [-0.4, -0.2) is 20.5 Å². The third-order valence-electron chi connectivity index (χ3n) is 3.42. The number of halogens is 1. The van der Waals surface area contributed by atoms with Crippen molar-refractivity contribution in [1.82, 2.24) is 4.72 Å². The average Bonchev–Trinajstić information content (AvgIpc) is 2.35. The maximum Gasteiger partial charge on any atom is 0.216 e. The molecule has 0 unspecified atom stereocenters. The number of rotatable bonds is 4. The summed E-state index contributed by atoms with van der Waals surface area (Å²) in [5.41, 5.74) is 6.49. The van der Waals surface area contributed by atoms with E-state index < -0.39 is 10.0 Å². The molecule has 19 heavy (non-hydrogen) atoms. The SMILES string of the molecule is N[C@@H]1CCCC[C@H]1NS(=O)(=O)Cc1ccc(F)cc1. The fourth-order valence-corrected chi connectivity index (χ4v) is 3.85. The van der Waals surface area contributed by atoms with E-state index in [-0.39, 0.29) is 23.7 Å². The second-order valence-corrected chi connectivity index (χ2v) is 6.81. The first kappa shape index (κ1) is 14.4. The Morgan fingerprint density at radius 3 is 2.47 bits per heavy atom. The van der Waals surface area contributed by atoms with Gasteiger partial charge in [-0.2, -0.15) is 0 Å². The normalized spacial score (nSPS) is 24.3. The minimum atomic E-state index is -3.43. The highest BCUT2D eigenvalue weighted by Crippen LogP contribution is 2.18. The zero-order chi connectivity index (χ0) is 13.9. The van der Waals surface area contributed by atoms with Gasteiger partial charge in [-0.05, 0) is 30.5 Å². The molecule has 0 bridgehead atoms. The molecular weight excluding hydrogens is 267 g/mol. The zero-order valence-corrected chi connectivity index (χ0v) is 11.5. The van der Waals surface area contributed by atoms with Crippen LogP contribution in [0.4, 0.5) is 4.39 Å². The standard InChI is InChI=1S/C13H19FN2O2S/c14-11-7-5-10(6-8-11)9-19(17,18)16-13-4-2-1-3-12(13)15/h5-8,12-13,16H,1-4,9,15H2/t12-,13-/m1/s1. The predicted molar refractivity (Wildman–Crippen MR) is 72.4 cm³/mol. The largest absolute Gasteiger partial charge is 0.326 e. The quantitative estimate of drug-likeness (QED) is 0.881. The minimum absolute atomic E-state index is 0.114. The van der Waals surface area contributed by atoms with Crippen LogP contribution in [0, 0.1) is 5.82 Å². The van der Waals surface area contributed by atoms with Gasteiger partial charge in [-0.3, -0.25) is 0 Å². The van der Waals surface area contributed by atoms with Crippen LogP contribution in [0.25, 0.3) is 0 Å². The lowest BCUT2D eigenvalue weighted by Gasteiger charge is -2.29. The number of nitrogens with one attached hydrogen (secondary N) is 1. The van der Waals surface area contributed by atoms with Gasteiger partial charge in [-0.25, -0.2) is 17.5 Å². The maximum atomic E-state index is 12.8. The molecule has 2 rings (SSSR count). The van der Waals surface area contributed by atoms with Gasteiger partial charge in [0.25, 0.3) is 0 Å². The van der Waals surface area contributed by atoms with Gasteiger partial charge in [0.15, 0.2) is 0 Å². The molecule has 0 amide bonds. The van der Waals surface area contributed by atoms with Crippen LogP contribution < -0.4 is 10.5 Å². The van der Waals surface area contributed by atoms with Crippen LogP contribution in [0.5, 0.6) is 0 Å². The van der Waals surface area contributed by atoms with Gasteiger partial charge in [0.05, 0.1) is 5.75 Å². The second-order valence-electron chi connectivity index (χ2n) is 5.06. The van der Waals surface area contributed by atoms with Gasteiger partial charge in [-0.1, -0.05) is 25.0 Å². The highest BCUT2D eigenvalue weighted by Gasteiger charge is 2.26. The van der Waals surface area contributed by atoms with Crippen molar-refractivity contribution >= 4 is 10.0 Å². The van der Waals surface area contributed by atoms with E-state index in [1.807, 2.05) is 0 Å². The molecule has 106 valence electrons. The smallest absolute Gasteiger partial charge is 0.216 e. The Kier molecular flexibility index (Phi) is 4.54. The number of nitrogens with two attached hydrogens (primary N) is 1. The second kappa shape index (κ2) is 5.98. The molecule has 4 nitrogen and oxygen atoms in total. The Morgan fingerprint density at radius 1 is 1.21 bits per heavy atom. The third kappa shape index (κ3) is 4.26. The van der Waals surface area contributed by atoms with Crippen LogP contribution in [-0.2, 0) is 15.8 Å². The van der Waals surface area contributed by atoms with E-state index in [0.717, 1.165) is 25.7 Å². The summed E-state index contributed by atoms with van der Waals surface area (Å²) in [6.07, 6.45) is 3.68. The first-order chi connectivity index (χ1) is 8.96.